The van der Waals surface area contributed by atoms with E-state index in [0.717, 1.165) is 50.1 Å². The maximum absolute atomic E-state index is 12.5. The average Bonchev–Trinajstić information content (AvgIpc) is 2.69. The number of rotatable bonds is 2. The molecule has 0 unspecified atom stereocenters. The van der Waals surface area contributed by atoms with E-state index in [1.807, 2.05) is 4.90 Å². The highest BCUT2D eigenvalue weighted by Gasteiger charge is 2.24. The van der Waals surface area contributed by atoms with E-state index in [9.17, 15) is 13.2 Å². The molecule has 1 aliphatic rings. The van der Waals surface area contributed by atoms with E-state index >= 15 is 0 Å². The third-order valence-corrected chi connectivity index (χ3v) is 6.31. The predicted octanol–water partition coefficient (Wildman–Crippen LogP) is 2.11. The normalized spacial score (nSPS) is 17.6. The van der Waals surface area contributed by atoms with Crippen LogP contribution in [0.4, 0.5) is 0 Å². The van der Waals surface area contributed by atoms with Gasteiger partial charge in [-0.2, -0.15) is 0 Å². The Hall–Kier alpha value is -0.920. The van der Waals surface area contributed by atoms with Crippen molar-refractivity contribution in [3.8, 4) is 0 Å². The van der Waals surface area contributed by atoms with Gasteiger partial charge in [0.2, 0.25) is 10.0 Å². The molecule has 1 amide bonds. The molecule has 1 saturated heterocycles. The van der Waals surface area contributed by atoms with Gasteiger partial charge in [-0.3, -0.25) is 4.79 Å². The van der Waals surface area contributed by atoms with Crippen LogP contribution in [0.3, 0.4) is 0 Å². The minimum atomic E-state index is -3.74. The zero-order valence-corrected chi connectivity index (χ0v) is 13.2. The highest BCUT2D eigenvalue weighted by molar-refractivity contribution is 7.91. The van der Waals surface area contributed by atoms with E-state index in [0.29, 0.717) is 11.1 Å². The monoisotopic (exact) mass is 316 g/mol. The van der Waals surface area contributed by atoms with Crippen LogP contribution < -0.4 is 5.14 Å². The molecule has 1 fully saturated rings. The summed E-state index contributed by atoms with van der Waals surface area (Å²) in [6.07, 6.45) is 5.55. The molecule has 2 N–H and O–H groups in total. The van der Waals surface area contributed by atoms with Crippen LogP contribution in [0.2, 0.25) is 0 Å². The Morgan fingerprint density at radius 2 is 1.75 bits per heavy atom. The van der Waals surface area contributed by atoms with E-state index in [-0.39, 0.29) is 10.1 Å². The van der Waals surface area contributed by atoms with Gasteiger partial charge >= 0.3 is 0 Å². The fourth-order valence-corrected chi connectivity index (χ4v) is 4.52. The van der Waals surface area contributed by atoms with Gasteiger partial charge in [0.1, 0.15) is 4.21 Å². The summed E-state index contributed by atoms with van der Waals surface area (Å²) in [5, 5.41) is 6.76. The molecule has 1 aromatic heterocycles. The molecule has 7 heteroatoms. The summed E-state index contributed by atoms with van der Waals surface area (Å²) >= 11 is 1.02. The van der Waals surface area contributed by atoms with Crippen LogP contribution in [-0.4, -0.2) is 32.3 Å². The van der Waals surface area contributed by atoms with Crippen LogP contribution in [0.25, 0.3) is 0 Å². The first-order valence-corrected chi connectivity index (χ1v) is 9.24. The molecule has 0 saturated carbocycles. The largest absolute Gasteiger partial charge is 0.339 e. The van der Waals surface area contributed by atoms with Crippen molar-refractivity contribution in [1.29, 1.82) is 0 Å². The van der Waals surface area contributed by atoms with Crippen molar-refractivity contribution in [1.82, 2.24) is 4.90 Å². The second-order valence-electron chi connectivity index (χ2n) is 5.17. The van der Waals surface area contributed by atoms with Gasteiger partial charge in [-0.05, 0) is 25.3 Å². The highest BCUT2D eigenvalue weighted by Crippen LogP contribution is 2.27. The van der Waals surface area contributed by atoms with Gasteiger partial charge in [-0.15, -0.1) is 11.3 Å². The fraction of sp³-hybridized carbons (Fsp3) is 0.615. The van der Waals surface area contributed by atoms with E-state index in [1.165, 1.54) is 6.42 Å². The lowest BCUT2D eigenvalue weighted by molar-refractivity contribution is 0.0742. The first-order valence-electron chi connectivity index (χ1n) is 6.81. The lowest BCUT2D eigenvalue weighted by atomic mass is 10.1. The Balaban J connectivity index is 2.22. The second-order valence-corrected chi connectivity index (χ2v) is 7.80. The summed E-state index contributed by atoms with van der Waals surface area (Å²) in [7, 11) is -3.74. The lowest BCUT2D eigenvalue weighted by Crippen LogP contribution is -2.34. The van der Waals surface area contributed by atoms with Crippen LogP contribution in [0, 0.1) is 6.92 Å². The van der Waals surface area contributed by atoms with Crippen molar-refractivity contribution in [2.24, 2.45) is 5.14 Å². The van der Waals surface area contributed by atoms with Gasteiger partial charge in [-0.1, -0.05) is 19.3 Å². The van der Waals surface area contributed by atoms with Crippen LogP contribution in [0.1, 0.15) is 48.0 Å². The van der Waals surface area contributed by atoms with Gasteiger partial charge in [0, 0.05) is 18.5 Å². The molecule has 0 aromatic carbocycles. The van der Waals surface area contributed by atoms with Crippen LogP contribution in [-0.2, 0) is 10.0 Å². The molecular formula is C13H20N2O3S2. The second kappa shape index (κ2) is 6.24. The number of hydrogen-bond acceptors (Lipinski definition) is 4. The molecule has 20 heavy (non-hydrogen) atoms. The molecule has 2 heterocycles. The van der Waals surface area contributed by atoms with Gasteiger partial charge < -0.3 is 4.90 Å². The maximum Gasteiger partial charge on any atom is 0.255 e. The van der Waals surface area contributed by atoms with Gasteiger partial charge in [-0.25, -0.2) is 13.6 Å². The number of hydrogen-bond donors (Lipinski definition) is 1. The van der Waals surface area contributed by atoms with Crippen molar-refractivity contribution < 1.29 is 13.2 Å². The molecule has 1 aromatic rings. The number of amides is 1. The van der Waals surface area contributed by atoms with Crippen molar-refractivity contribution in [3.63, 3.8) is 0 Å². The molecular weight excluding hydrogens is 296 g/mol. The third kappa shape index (κ3) is 3.39. The summed E-state index contributed by atoms with van der Waals surface area (Å²) in [4.78, 5) is 14.4. The Morgan fingerprint density at radius 1 is 1.20 bits per heavy atom. The zero-order valence-electron chi connectivity index (χ0n) is 11.6. The lowest BCUT2D eigenvalue weighted by Gasteiger charge is -2.24. The average molecular weight is 316 g/mol. The molecule has 5 nitrogen and oxygen atoms in total. The summed E-state index contributed by atoms with van der Waals surface area (Å²) in [6, 6.07) is 0. The van der Waals surface area contributed by atoms with Crippen LogP contribution in [0.15, 0.2) is 9.59 Å². The quantitative estimate of drug-likeness (QED) is 0.907. The number of likely N-dealkylation sites (tertiary alicyclic amines) is 1. The number of thiophene rings is 1. The summed E-state index contributed by atoms with van der Waals surface area (Å²) in [5.41, 5.74) is 0.948. The summed E-state index contributed by atoms with van der Waals surface area (Å²) in [5.74, 6) is -0.0736. The zero-order chi connectivity index (χ0) is 14.8. The van der Waals surface area contributed by atoms with E-state index in [4.69, 9.17) is 5.14 Å². The minimum Gasteiger partial charge on any atom is -0.339 e. The Morgan fingerprint density at radius 3 is 2.25 bits per heavy atom. The summed E-state index contributed by atoms with van der Waals surface area (Å²) < 4.78 is 22.9. The topological polar surface area (TPSA) is 80.5 Å². The number of carbonyl (C=O) groups is 1. The minimum absolute atomic E-state index is 0.0736. The van der Waals surface area contributed by atoms with Gasteiger partial charge in [0.15, 0.2) is 0 Å². The van der Waals surface area contributed by atoms with Crippen molar-refractivity contribution >= 4 is 27.3 Å². The number of nitrogens with zero attached hydrogens (tertiary/aromatic N) is 1. The number of nitrogens with two attached hydrogens (primary N) is 1. The van der Waals surface area contributed by atoms with Crippen molar-refractivity contribution in [2.45, 2.75) is 43.2 Å². The third-order valence-electron chi connectivity index (χ3n) is 3.63. The van der Waals surface area contributed by atoms with E-state index in [1.54, 1.807) is 12.3 Å². The number of primary sulfonamides is 1. The first-order chi connectivity index (χ1) is 9.41. The summed E-state index contributed by atoms with van der Waals surface area (Å²) in [6.45, 7) is 3.14. The van der Waals surface area contributed by atoms with Gasteiger partial charge in [0.05, 0.1) is 5.56 Å². The van der Waals surface area contributed by atoms with Crippen LogP contribution >= 0.6 is 11.3 Å². The van der Waals surface area contributed by atoms with E-state index < -0.39 is 10.0 Å². The molecule has 0 aliphatic carbocycles. The predicted molar refractivity (Wildman–Crippen MR) is 79.4 cm³/mol. The number of carbonyl (C=O) groups excluding carboxylic acids is 1. The molecule has 112 valence electrons. The molecule has 1 aliphatic heterocycles. The smallest absolute Gasteiger partial charge is 0.255 e. The fourth-order valence-electron chi connectivity index (χ4n) is 2.51. The van der Waals surface area contributed by atoms with Crippen molar-refractivity contribution in [3.05, 3.63) is 16.5 Å². The SMILES string of the molecule is Cc1c(C(=O)N2CCCCCCC2)csc1S(N)(=O)=O. The molecule has 2 rings (SSSR count). The molecule has 0 atom stereocenters. The van der Waals surface area contributed by atoms with Crippen molar-refractivity contribution in [2.75, 3.05) is 13.1 Å². The highest BCUT2D eigenvalue weighted by atomic mass is 32.2. The Bertz CT molecular complexity index is 585. The standard InChI is InChI=1S/C13H20N2O3S2/c1-10-11(9-19-13(10)20(14,17)18)12(16)15-7-5-3-2-4-6-8-15/h9H,2-8H2,1H3,(H2,14,17,18). The molecule has 0 radical (unpaired) electrons. The van der Waals surface area contributed by atoms with Crippen LogP contribution in [0.5, 0.6) is 0 Å². The Labute approximate surface area is 123 Å². The first kappa shape index (κ1) is 15.5. The van der Waals surface area contributed by atoms with E-state index in [2.05, 4.69) is 0 Å². The Kier molecular flexibility index (Phi) is 4.82. The molecule has 0 spiro atoms. The van der Waals surface area contributed by atoms with Gasteiger partial charge in [0.25, 0.3) is 5.91 Å². The molecule has 0 bridgehead atoms. The number of sulfonamides is 1. The maximum atomic E-state index is 12.5.